The van der Waals surface area contributed by atoms with Crippen LogP contribution >= 0.6 is 0 Å². The van der Waals surface area contributed by atoms with Crippen LogP contribution in [0, 0.1) is 0 Å². The maximum absolute atomic E-state index is 12.8. The van der Waals surface area contributed by atoms with Crippen LogP contribution in [0.3, 0.4) is 0 Å². The number of rotatable bonds is 49. The average molecular weight is 919 g/mol. The van der Waals surface area contributed by atoms with Crippen molar-refractivity contribution in [2.75, 3.05) is 13.2 Å². The Morgan fingerprint density at radius 2 is 0.636 bits per heavy atom. The average Bonchev–Trinajstić information content (AvgIpc) is 3.31. The molecule has 0 amide bonds. The summed E-state index contributed by atoms with van der Waals surface area (Å²) in [6.07, 6.45) is 70.2. The molecular formula is C60H102O6. The normalized spacial score (nSPS) is 12.7. The molecule has 378 valence electrons. The van der Waals surface area contributed by atoms with Crippen LogP contribution in [0.5, 0.6) is 0 Å². The van der Waals surface area contributed by atoms with Crippen molar-refractivity contribution in [2.45, 2.75) is 264 Å². The number of ether oxygens (including phenoxy) is 3. The second kappa shape index (κ2) is 54.2. The van der Waals surface area contributed by atoms with Crippen LogP contribution in [0.15, 0.2) is 85.1 Å². The summed E-state index contributed by atoms with van der Waals surface area (Å²) in [4.78, 5) is 38.0. The summed E-state index contributed by atoms with van der Waals surface area (Å²) in [5.41, 5.74) is 0. The van der Waals surface area contributed by atoms with Gasteiger partial charge in [0.15, 0.2) is 6.10 Å². The molecule has 0 spiro atoms. The van der Waals surface area contributed by atoms with Crippen molar-refractivity contribution in [3.8, 4) is 0 Å². The van der Waals surface area contributed by atoms with Gasteiger partial charge in [-0.3, -0.25) is 14.4 Å². The van der Waals surface area contributed by atoms with Crippen molar-refractivity contribution in [2.24, 2.45) is 0 Å². The Hall–Kier alpha value is -3.41. The van der Waals surface area contributed by atoms with Crippen molar-refractivity contribution in [1.29, 1.82) is 0 Å². The van der Waals surface area contributed by atoms with E-state index in [1.165, 1.54) is 116 Å². The molecular weight excluding hydrogens is 817 g/mol. The standard InChI is InChI=1S/C60H102O6/c1-4-7-10-13-16-19-22-24-26-28-30-32-34-36-38-41-44-47-50-53-59(62)65-56-57(55-64-58(61)52-49-46-43-40-21-18-15-12-9-6-3)66-60(63)54-51-48-45-42-39-37-35-33-31-29-27-25-23-20-17-14-11-8-5-2/h7,10,15-16,18-19,24,26,30,32,36,38,44,47,57H,4-6,8-9,11-14,17,20-23,25,27-29,31,33-35,37,39-43,45-46,48-56H2,1-3H3/b10-7-,18-15-,19-16-,26-24-,32-30-,38-36-,47-44-. The minimum Gasteiger partial charge on any atom is -0.462 e. The third kappa shape index (κ3) is 51.6. The number of carbonyl (C=O) groups is 3. The molecule has 6 nitrogen and oxygen atoms in total. The minimum absolute atomic E-state index is 0.104. The summed E-state index contributed by atoms with van der Waals surface area (Å²) in [6, 6.07) is 0. The molecule has 0 aromatic heterocycles. The number of hydrogen-bond donors (Lipinski definition) is 0. The highest BCUT2D eigenvalue weighted by molar-refractivity contribution is 5.71. The zero-order valence-electron chi connectivity index (χ0n) is 43.2. The second-order valence-corrected chi connectivity index (χ2v) is 18.1. The number of allylic oxidation sites excluding steroid dienone is 14. The van der Waals surface area contributed by atoms with E-state index in [2.05, 4.69) is 99.8 Å². The summed E-state index contributed by atoms with van der Waals surface area (Å²) < 4.78 is 16.7. The Kier molecular flexibility index (Phi) is 51.4. The first-order valence-corrected chi connectivity index (χ1v) is 27.6. The highest BCUT2D eigenvalue weighted by Gasteiger charge is 2.19. The minimum atomic E-state index is -0.809. The second-order valence-electron chi connectivity index (χ2n) is 18.1. The fraction of sp³-hybridized carbons (Fsp3) is 0.717. The Morgan fingerprint density at radius 3 is 1.06 bits per heavy atom. The molecule has 6 heteroatoms. The van der Waals surface area contributed by atoms with Gasteiger partial charge in [-0.05, 0) is 77.0 Å². The monoisotopic (exact) mass is 919 g/mol. The largest absolute Gasteiger partial charge is 0.462 e. The lowest BCUT2D eigenvalue weighted by atomic mass is 10.0. The zero-order valence-corrected chi connectivity index (χ0v) is 43.2. The van der Waals surface area contributed by atoms with Gasteiger partial charge in [0.05, 0.1) is 0 Å². The van der Waals surface area contributed by atoms with Gasteiger partial charge in [0.25, 0.3) is 0 Å². The topological polar surface area (TPSA) is 78.9 Å². The van der Waals surface area contributed by atoms with Gasteiger partial charge in [0, 0.05) is 19.3 Å². The molecule has 0 saturated heterocycles. The van der Waals surface area contributed by atoms with Gasteiger partial charge in [-0.1, -0.05) is 247 Å². The molecule has 0 aromatic rings. The fourth-order valence-corrected chi connectivity index (χ4v) is 7.51. The van der Waals surface area contributed by atoms with Crippen LogP contribution in [-0.2, 0) is 28.6 Å². The number of hydrogen-bond acceptors (Lipinski definition) is 6. The van der Waals surface area contributed by atoms with Gasteiger partial charge in [-0.15, -0.1) is 0 Å². The van der Waals surface area contributed by atoms with Crippen LogP contribution in [-0.4, -0.2) is 37.2 Å². The highest BCUT2D eigenvalue weighted by atomic mass is 16.6. The van der Waals surface area contributed by atoms with Crippen LogP contribution in [0.1, 0.15) is 258 Å². The first-order chi connectivity index (χ1) is 32.5. The van der Waals surface area contributed by atoms with Crippen molar-refractivity contribution in [1.82, 2.24) is 0 Å². The van der Waals surface area contributed by atoms with Gasteiger partial charge >= 0.3 is 17.9 Å². The third-order valence-electron chi connectivity index (χ3n) is 11.6. The Labute approximate surface area is 407 Å². The quantitative estimate of drug-likeness (QED) is 0.0262. The van der Waals surface area contributed by atoms with Crippen molar-refractivity contribution >= 4 is 17.9 Å². The molecule has 66 heavy (non-hydrogen) atoms. The lowest BCUT2D eigenvalue weighted by Crippen LogP contribution is -2.30. The summed E-state index contributed by atoms with van der Waals surface area (Å²) in [5.74, 6) is -1.00. The van der Waals surface area contributed by atoms with Crippen LogP contribution < -0.4 is 0 Å². The Balaban J connectivity index is 4.42. The molecule has 0 saturated carbocycles. The van der Waals surface area contributed by atoms with E-state index in [-0.39, 0.29) is 37.5 Å². The molecule has 0 heterocycles. The molecule has 1 unspecified atom stereocenters. The predicted molar refractivity (Wildman–Crippen MR) is 284 cm³/mol. The molecule has 0 aliphatic rings. The molecule has 0 radical (unpaired) electrons. The van der Waals surface area contributed by atoms with E-state index >= 15 is 0 Å². The van der Waals surface area contributed by atoms with E-state index in [1.54, 1.807) is 0 Å². The molecule has 1 atom stereocenters. The summed E-state index contributed by atoms with van der Waals surface area (Å²) in [6.45, 7) is 6.42. The molecule has 0 aliphatic heterocycles. The highest BCUT2D eigenvalue weighted by Crippen LogP contribution is 2.16. The van der Waals surface area contributed by atoms with Crippen LogP contribution in [0.4, 0.5) is 0 Å². The van der Waals surface area contributed by atoms with Crippen LogP contribution in [0.2, 0.25) is 0 Å². The SMILES string of the molecule is CC/C=C\C/C=C\C/C=C\C/C=C\C/C=C\C/C=C\CCC(=O)OCC(COC(=O)CCCCCC/C=C\CCCC)OC(=O)CCCCCCCCCCCCCCCCCCCCC. The summed E-state index contributed by atoms with van der Waals surface area (Å²) >= 11 is 0. The smallest absolute Gasteiger partial charge is 0.306 e. The summed E-state index contributed by atoms with van der Waals surface area (Å²) in [7, 11) is 0. The lowest BCUT2D eigenvalue weighted by molar-refractivity contribution is -0.166. The predicted octanol–water partition coefficient (Wildman–Crippen LogP) is 18.4. The molecule has 0 aromatic carbocycles. The van der Waals surface area contributed by atoms with Crippen molar-refractivity contribution < 1.29 is 28.6 Å². The van der Waals surface area contributed by atoms with E-state index < -0.39 is 6.10 Å². The number of carbonyl (C=O) groups excluding carboxylic acids is 3. The van der Waals surface area contributed by atoms with Gasteiger partial charge in [-0.25, -0.2) is 0 Å². The van der Waals surface area contributed by atoms with E-state index in [9.17, 15) is 14.4 Å². The van der Waals surface area contributed by atoms with Gasteiger partial charge < -0.3 is 14.2 Å². The molecule has 0 rings (SSSR count). The molecule has 0 aliphatic carbocycles. The lowest BCUT2D eigenvalue weighted by Gasteiger charge is -2.18. The number of esters is 3. The Morgan fingerprint density at radius 1 is 0.318 bits per heavy atom. The Bertz CT molecular complexity index is 1290. The van der Waals surface area contributed by atoms with E-state index in [0.717, 1.165) is 96.3 Å². The van der Waals surface area contributed by atoms with E-state index in [4.69, 9.17) is 14.2 Å². The van der Waals surface area contributed by atoms with Crippen LogP contribution in [0.25, 0.3) is 0 Å². The first-order valence-electron chi connectivity index (χ1n) is 27.6. The third-order valence-corrected chi connectivity index (χ3v) is 11.6. The van der Waals surface area contributed by atoms with Crippen molar-refractivity contribution in [3.05, 3.63) is 85.1 Å². The maximum atomic E-state index is 12.8. The fourth-order valence-electron chi connectivity index (χ4n) is 7.51. The van der Waals surface area contributed by atoms with Gasteiger partial charge in [-0.2, -0.15) is 0 Å². The molecule has 0 fully saturated rings. The zero-order chi connectivity index (χ0) is 47.9. The summed E-state index contributed by atoms with van der Waals surface area (Å²) in [5, 5.41) is 0. The van der Waals surface area contributed by atoms with E-state index in [1.807, 2.05) is 6.08 Å². The molecule has 0 N–H and O–H groups in total. The van der Waals surface area contributed by atoms with Gasteiger partial charge in [0.1, 0.15) is 13.2 Å². The van der Waals surface area contributed by atoms with Gasteiger partial charge in [0.2, 0.25) is 0 Å². The first kappa shape index (κ1) is 62.6. The molecule has 0 bridgehead atoms. The number of unbranched alkanes of at least 4 members (excludes halogenated alkanes) is 24. The van der Waals surface area contributed by atoms with Crippen molar-refractivity contribution in [3.63, 3.8) is 0 Å². The van der Waals surface area contributed by atoms with E-state index in [0.29, 0.717) is 19.3 Å². The maximum Gasteiger partial charge on any atom is 0.306 e.